The van der Waals surface area contributed by atoms with Gasteiger partial charge in [-0.15, -0.1) is 0 Å². The van der Waals surface area contributed by atoms with E-state index < -0.39 is 10.1 Å². The lowest BCUT2D eigenvalue weighted by molar-refractivity contribution is 0.132. The zero-order chi connectivity index (χ0) is 25.0. The number of rotatable bonds is 8. The predicted molar refractivity (Wildman–Crippen MR) is 135 cm³/mol. The van der Waals surface area contributed by atoms with Crippen LogP contribution in [-0.2, 0) is 23.2 Å². The fourth-order valence-corrected chi connectivity index (χ4v) is 4.70. The number of carbonyl (C=O) groups is 1. The van der Waals surface area contributed by atoms with Crippen LogP contribution in [0.2, 0.25) is 0 Å². The fourth-order valence-electron chi connectivity index (χ4n) is 4.22. The number of hydrogen-bond acceptors (Lipinski definition) is 6. The number of piperazine rings is 1. The van der Waals surface area contributed by atoms with E-state index in [9.17, 15) is 18.0 Å². The molecule has 0 bridgehead atoms. The molecule has 4 N–H and O–H groups in total. The Morgan fingerprint density at radius 2 is 1.63 bits per heavy atom. The lowest BCUT2D eigenvalue weighted by Crippen LogP contribution is -2.47. The molecule has 0 radical (unpaired) electrons. The van der Waals surface area contributed by atoms with Crippen LogP contribution in [0.4, 0.5) is 16.2 Å². The van der Waals surface area contributed by atoms with Crippen molar-refractivity contribution in [2.75, 3.05) is 49.1 Å². The molecule has 11 nitrogen and oxygen atoms in total. The maximum atomic E-state index is 12.4. The lowest BCUT2D eigenvalue weighted by atomic mass is 10.2. The minimum atomic E-state index is -3.93. The fraction of sp³-hybridized carbons (Fsp3) is 0.391. The van der Waals surface area contributed by atoms with Crippen LogP contribution in [0.1, 0.15) is 12.5 Å². The van der Waals surface area contributed by atoms with Crippen molar-refractivity contribution < 1.29 is 17.8 Å². The van der Waals surface area contributed by atoms with E-state index in [1.165, 1.54) is 0 Å². The minimum absolute atomic E-state index is 0.178. The number of hydrogen-bond donors (Lipinski definition) is 4. The molecule has 0 atom stereocenters. The summed E-state index contributed by atoms with van der Waals surface area (Å²) in [6.45, 7) is 6.68. The van der Waals surface area contributed by atoms with Crippen LogP contribution >= 0.6 is 0 Å². The highest BCUT2D eigenvalue weighted by atomic mass is 32.2. The van der Waals surface area contributed by atoms with Crippen LogP contribution in [0.25, 0.3) is 11.0 Å². The Morgan fingerprint density at radius 1 is 1.00 bits per heavy atom. The highest BCUT2D eigenvalue weighted by molar-refractivity contribution is 7.85. The summed E-state index contributed by atoms with van der Waals surface area (Å²) in [6, 6.07) is 12.5. The van der Waals surface area contributed by atoms with Crippen LogP contribution < -0.4 is 16.3 Å². The van der Waals surface area contributed by atoms with Gasteiger partial charge in [0.05, 0.1) is 16.8 Å². The number of urea groups is 1. The molecule has 3 aromatic rings. The summed E-state index contributed by atoms with van der Waals surface area (Å²) in [4.78, 5) is 31.5. The SMILES string of the molecule is CCn1c(=O)[nH]c2cc(NC(=O)Nc3ccc(CN4CCN(CCS(=O)(=O)O)CC4)cc3)ccc21. The van der Waals surface area contributed by atoms with Crippen molar-refractivity contribution in [2.45, 2.75) is 20.0 Å². The Bertz CT molecular complexity index is 1340. The molecule has 2 heterocycles. The average Bonchev–Trinajstić information content (AvgIpc) is 3.13. The highest BCUT2D eigenvalue weighted by Gasteiger charge is 2.18. The van der Waals surface area contributed by atoms with E-state index in [-0.39, 0.29) is 17.5 Å². The molecule has 0 spiro atoms. The molecule has 1 fully saturated rings. The van der Waals surface area contributed by atoms with E-state index in [0.29, 0.717) is 30.0 Å². The summed E-state index contributed by atoms with van der Waals surface area (Å²) in [5.74, 6) is -0.241. The second-order valence-corrected chi connectivity index (χ2v) is 10.2. The van der Waals surface area contributed by atoms with Gasteiger partial charge in [-0.25, -0.2) is 9.59 Å². The summed E-state index contributed by atoms with van der Waals surface area (Å²) in [5.41, 5.74) is 3.62. The molecular formula is C23H30N6O5S. The molecule has 0 aliphatic carbocycles. The van der Waals surface area contributed by atoms with Crippen molar-refractivity contribution in [2.24, 2.45) is 0 Å². The molecular weight excluding hydrogens is 472 g/mol. The number of aromatic nitrogens is 2. The van der Waals surface area contributed by atoms with Gasteiger partial charge in [0, 0.05) is 57.2 Å². The van der Waals surface area contributed by atoms with E-state index in [1.54, 1.807) is 22.8 Å². The monoisotopic (exact) mass is 502 g/mol. The van der Waals surface area contributed by atoms with Gasteiger partial charge in [0.1, 0.15) is 0 Å². The first kappa shape index (κ1) is 24.9. The third kappa shape index (κ3) is 6.69. The number of nitrogens with one attached hydrogen (secondary N) is 3. The molecule has 12 heteroatoms. The van der Waals surface area contributed by atoms with E-state index in [4.69, 9.17) is 4.55 Å². The first-order chi connectivity index (χ1) is 16.7. The number of amides is 2. The van der Waals surface area contributed by atoms with Gasteiger partial charge in [-0.1, -0.05) is 12.1 Å². The first-order valence-electron chi connectivity index (χ1n) is 11.5. The smallest absolute Gasteiger partial charge is 0.308 e. The molecule has 0 saturated carbocycles. The molecule has 2 amide bonds. The van der Waals surface area contributed by atoms with Gasteiger partial charge >= 0.3 is 11.7 Å². The molecule has 1 aromatic heterocycles. The third-order valence-electron chi connectivity index (χ3n) is 6.10. The van der Waals surface area contributed by atoms with Crippen LogP contribution in [0.5, 0.6) is 0 Å². The van der Waals surface area contributed by atoms with Gasteiger partial charge in [0.2, 0.25) is 0 Å². The van der Waals surface area contributed by atoms with Gasteiger partial charge in [-0.3, -0.25) is 18.9 Å². The maximum absolute atomic E-state index is 12.4. The maximum Gasteiger partial charge on any atom is 0.326 e. The van der Waals surface area contributed by atoms with Gasteiger partial charge in [0.25, 0.3) is 10.1 Å². The molecule has 1 aliphatic rings. The zero-order valence-corrected chi connectivity index (χ0v) is 20.3. The van der Waals surface area contributed by atoms with Crippen LogP contribution in [0, 0.1) is 0 Å². The summed E-state index contributed by atoms with van der Waals surface area (Å²) < 4.78 is 32.3. The minimum Gasteiger partial charge on any atom is -0.308 e. The summed E-state index contributed by atoms with van der Waals surface area (Å²) in [7, 11) is -3.93. The third-order valence-corrected chi connectivity index (χ3v) is 6.80. The number of aromatic amines is 1. The van der Waals surface area contributed by atoms with Gasteiger partial charge < -0.3 is 15.6 Å². The Labute approximate surface area is 203 Å². The largest absolute Gasteiger partial charge is 0.326 e. The second kappa shape index (κ2) is 10.6. The van der Waals surface area contributed by atoms with Crippen molar-refractivity contribution in [1.29, 1.82) is 0 Å². The molecule has 188 valence electrons. The molecule has 1 saturated heterocycles. The molecule has 2 aromatic carbocycles. The predicted octanol–water partition coefficient (Wildman–Crippen LogP) is 2.00. The van der Waals surface area contributed by atoms with E-state index >= 15 is 0 Å². The number of fused-ring (bicyclic) bond motifs is 1. The van der Waals surface area contributed by atoms with E-state index in [0.717, 1.165) is 43.8 Å². The Morgan fingerprint density at radius 3 is 2.29 bits per heavy atom. The van der Waals surface area contributed by atoms with Crippen LogP contribution in [-0.4, -0.2) is 76.8 Å². The first-order valence-corrected chi connectivity index (χ1v) is 13.1. The van der Waals surface area contributed by atoms with Crippen molar-refractivity contribution in [3.63, 3.8) is 0 Å². The number of carbonyl (C=O) groups excluding carboxylic acids is 1. The number of aryl methyl sites for hydroxylation is 1. The number of benzene rings is 2. The second-order valence-electron chi connectivity index (χ2n) is 8.59. The Kier molecular flexibility index (Phi) is 7.55. The standard InChI is InChI=1S/C23H30N6O5S/c1-2-29-21-8-7-19(15-20(21)26-23(29)31)25-22(30)24-18-5-3-17(4-6-18)16-28-11-9-27(10-12-28)13-14-35(32,33)34/h3-8,15H,2,9-14,16H2,1H3,(H,26,31)(H2,24,25,30)(H,32,33,34). The Balaban J connectivity index is 1.26. The Hall–Kier alpha value is -3.19. The highest BCUT2D eigenvalue weighted by Crippen LogP contribution is 2.18. The van der Waals surface area contributed by atoms with Gasteiger partial charge in [-0.05, 0) is 42.8 Å². The zero-order valence-electron chi connectivity index (χ0n) is 19.5. The lowest BCUT2D eigenvalue weighted by Gasteiger charge is -2.34. The van der Waals surface area contributed by atoms with Crippen molar-refractivity contribution >= 4 is 38.6 Å². The van der Waals surface area contributed by atoms with Gasteiger partial charge in [-0.2, -0.15) is 8.42 Å². The van der Waals surface area contributed by atoms with Crippen molar-refractivity contribution in [3.8, 4) is 0 Å². The van der Waals surface area contributed by atoms with Crippen molar-refractivity contribution in [1.82, 2.24) is 19.4 Å². The van der Waals surface area contributed by atoms with Crippen molar-refractivity contribution in [3.05, 3.63) is 58.5 Å². The summed E-state index contributed by atoms with van der Waals surface area (Å²) >= 11 is 0. The molecule has 0 unspecified atom stereocenters. The van der Waals surface area contributed by atoms with E-state index in [1.807, 2.05) is 36.1 Å². The normalized spacial score (nSPS) is 15.4. The molecule has 35 heavy (non-hydrogen) atoms. The van der Waals surface area contributed by atoms with Crippen LogP contribution in [0.3, 0.4) is 0 Å². The topological polar surface area (TPSA) is 140 Å². The molecule has 1 aliphatic heterocycles. The number of nitrogens with zero attached hydrogens (tertiary/aromatic N) is 3. The number of imidazole rings is 1. The number of H-pyrrole nitrogens is 1. The van der Waals surface area contributed by atoms with Gasteiger partial charge in [0.15, 0.2) is 0 Å². The van der Waals surface area contributed by atoms with Crippen LogP contribution in [0.15, 0.2) is 47.3 Å². The summed E-state index contributed by atoms with van der Waals surface area (Å²) in [5, 5.41) is 5.60. The quantitative estimate of drug-likeness (QED) is 0.346. The van der Waals surface area contributed by atoms with E-state index in [2.05, 4.69) is 20.5 Å². The summed E-state index contributed by atoms with van der Waals surface area (Å²) in [6.07, 6.45) is 0. The average molecular weight is 503 g/mol. The molecule has 4 rings (SSSR count). The number of anilines is 2.